The van der Waals surface area contributed by atoms with Crippen molar-refractivity contribution in [1.29, 1.82) is 0 Å². The summed E-state index contributed by atoms with van der Waals surface area (Å²) in [5.74, 6) is 1.47. The fourth-order valence-corrected chi connectivity index (χ4v) is 4.43. The lowest BCUT2D eigenvalue weighted by atomic mass is 9.88. The third kappa shape index (κ3) is 3.73. The third-order valence-corrected chi connectivity index (χ3v) is 6.17. The number of nitro groups is 1. The zero-order valence-electron chi connectivity index (χ0n) is 16.3. The Kier molecular flexibility index (Phi) is 5.30. The van der Waals surface area contributed by atoms with E-state index in [1.807, 2.05) is 16.5 Å². The molecule has 28 heavy (non-hydrogen) atoms. The second-order valence-electron chi connectivity index (χ2n) is 7.95. The van der Waals surface area contributed by atoms with Gasteiger partial charge >= 0.3 is 0 Å². The van der Waals surface area contributed by atoms with Gasteiger partial charge in [0.05, 0.1) is 22.5 Å². The monoisotopic (exact) mass is 385 g/mol. The summed E-state index contributed by atoms with van der Waals surface area (Å²) in [6.07, 6.45) is 5.72. The SMILES string of the molecule is Cn1c(CN2CCN(C(=O)C3CCCCC3)CC2)nc2cc([N+](=O)[O-])ccc21. The maximum Gasteiger partial charge on any atom is 0.271 e. The molecule has 4 rings (SSSR count). The Hall–Kier alpha value is -2.48. The first-order valence-corrected chi connectivity index (χ1v) is 10.1. The number of hydrogen-bond donors (Lipinski definition) is 0. The molecule has 0 spiro atoms. The Bertz CT molecular complexity index is 879. The lowest BCUT2D eigenvalue weighted by molar-refractivity contribution is -0.384. The zero-order valence-corrected chi connectivity index (χ0v) is 16.3. The van der Waals surface area contributed by atoms with Crippen molar-refractivity contribution in [2.24, 2.45) is 13.0 Å². The standard InChI is InChI=1S/C20H27N5O3/c1-22-18-8-7-16(25(27)28)13-17(18)21-19(22)14-23-9-11-24(12-10-23)20(26)15-5-3-2-4-6-15/h7-8,13,15H,2-6,9-12,14H2,1H3. The molecule has 0 unspecified atom stereocenters. The topological polar surface area (TPSA) is 84.5 Å². The maximum absolute atomic E-state index is 12.7. The van der Waals surface area contributed by atoms with Crippen LogP contribution >= 0.6 is 0 Å². The van der Waals surface area contributed by atoms with Crippen molar-refractivity contribution in [2.75, 3.05) is 26.2 Å². The predicted molar refractivity (Wildman–Crippen MR) is 106 cm³/mol. The Morgan fingerprint density at radius 3 is 2.57 bits per heavy atom. The second-order valence-corrected chi connectivity index (χ2v) is 7.95. The number of aromatic nitrogens is 2. The van der Waals surface area contributed by atoms with Crippen molar-refractivity contribution in [3.8, 4) is 0 Å². The summed E-state index contributed by atoms with van der Waals surface area (Å²) in [4.78, 5) is 32.3. The minimum Gasteiger partial charge on any atom is -0.340 e. The minimum absolute atomic E-state index is 0.0620. The first-order valence-electron chi connectivity index (χ1n) is 10.1. The molecule has 0 atom stereocenters. The van der Waals surface area contributed by atoms with Crippen molar-refractivity contribution in [2.45, 2.75) is 38.6 Å². The molecule has 8 nitrogen and oxygen atoms in total. The molecule has 1 aliphatic heterocycles. The molecular weight excluding hydrogens is 358 g/mol. The van der Waals surface area contributed by atoms with Gasteiger partial charge in [-0.25, -0.2) is 4.98 Å². The fourth-order valence-electron chi connectivity index (χ4n) is 4.43. The summed E-state index contributed by atoms with van der Waals surface area (Å²) in [6.45, 7) is 3.89. The Balaban J connectivity index is 1.38. The fraction of sp³-hybridized carbons (Fsp3) is 0.600. The number of non-ortho nitro benzene ring substituents is 1. The number of rotatable bonds is 4. The molecule has 1 aromatic heterocycles. The maximum atomic E-state index is 12.7. The molecule has 1 saturated heterocycles. The summed E-state index contributed by atoms with van der Waals surface area (Å²) in [5, 5.41) is 11.0. The highest BCUT2D eigenvalue weighted by Crippen LogP contribution is 2.26. The van der Waals surface area contributed by atoms with Crippen LogP contribution < -0.4 is 0 Å². The smallest absolute Gasteiger partial charge is 0.271 e. The van der Waals surface area contributed by atoms with Crippen LogP contribution in [0, 0.1) is 16.0 Å². The lowest BCUT2D eigenvalue weighted by Crippen LogP contribution is -2.50. The highest BCUT2D eigenvalue weighted by molar-refractivity contribution is 5.79. The van der Waals surface area contributed by atoms with Gasteiger partial charge in [0, 0.05) is 51.3 Å². The molecule has 2 heterocycles. The molecule has 2 fully saturated rings. The average Bonchev–Trinajstić information content (AvgIpc) is 3.03. The van der Waals surface area contributed by atoms with Gasteiger partial charge in [-0.15, -0.1) is 0 Å². The van der Waals surface area contributed by atoms with E-state index in [0.717, 1.165) is 50.4 Å². The van der Waals surface area contributed by atoms with Crippen LogP contribution in [-0.2, 0) is 18.4 Å². The number of nitro benzene ring substituents is 1. The van der Waals surface area contributed by atoms with Gasteiger partial charge in [0.2, 0.25) is 5.91 Å². The van der Waals surface area contributed by atoms with Crippen LogP contribution in [0.1, 0.15) is 37.9 Å². The second kappa shape index (κ2) is 7.87. The minimum atomic E-state index is -0.393. The van der Waals surface area contributed by atoms with E-state index in [1.165, 1.54) is 31.4 Å². The first-order chi connectivity index (χ1) is 13.5. The molecule has 0 radical (unpaired) electrons. The van der Waals surface area contributed by atoms with Gasteiger partial charge in [-0.2, -0.15) is 0 Å². The van der Waals surface area contributed by atoms with Gasteiger partial charge in [-0.05, 0) is 18.9 Å². The summed E-state index contributed by atoms with van der Waals surface area (Å²) in [6, 6.07) is 4.80. The number of piperazine rings is 1. The Labute approximate surface area is 164 Å². The van der Waals surface area contributed by atoms with Crippen molar-refractivity contribution < 1.29 is 9.72 Å². The van der Waals surface area contributed by atoms with E-state index in [2.05, 4.69) is 9.88 Å². The van der Waals surface area contributed by atoms with E-state index in [4.69, 9.17) is 0 Å². The van der Waals surface area contributed by atoms with Gasteiger partial charge in [0.15, 0.2) is 0 Å². The summed E-state index contributed by atoms with van der Waals surface area (Å²) in [7, 11) is 1.94. The molecule has 1 aliphatic carbocycles. The molecule has 0 bridgehead atoms. The Morgan fingerprint density at radius 1 is 1.18 bits per heavy atom. The molecule has 150 valence electrons. The van der Waals surface area contributed by atoms with Crippen molar-refractivity contribution in [3.05, 3.63) is 34.1 Å². The van der Waals surface area contributed by atoms with Crippen LogP contribution in [-0.4, -0.2) is 56.4 Å². The largest absolute Gasteiger partial charge is 0.340 e. The van der Waals surface area contributed by atoms with Crippen LogP contribution in [0.15, 0.2) is 18.2 Å². The number of benzene rings is 1. The average molecular weight is 385 g/mol. The van der Waals surface area contributed by atoms with Gasteiger partial charge in [0.1, 0.15) is 5.82 Å². The van der Waals surface area contributed by atoms with Gasteiger partial charge in [-0.3, -0.25) is 19.8 Å². The summed E-state index contributed by atoms with van der Waals surface area (Å²) >= 11 is 0. The van der Waals surface area contributed by atoms with Crippen LogP contribution in [0.2, 0.25) is 0 Å². The van der Waals surface area contributed by atoms with Gasteiger partial charge < -0.3 is 9.47 Å². The number of carbonyl (C=O) groups is 1. The quantitative estimate of drug-likeness (QED) is 0.597. The van der Waals surface area contributed by atoms with Crippen LogP contribution in [0.3, 0.4) is 0 Å². The van der Waals surface area contributed by atoms with E-state index in [9.17, 15) is 14.9 Å². The highest BCUT2D eigenvalue weighted by atomic mass is 16.6. The molecule has 1 amide bonds. The first kappa shape index (κ1) is 18.9. The molecular formula is C20H27N5O3. The molecule has 1 saturated carbocycles. The van der Waals surface area contributed by atoms with Crippen molar-refractivity contribution in [3.63, 3.8) is 0 Å². The number of nitrogens with zero attached hydrogens (tertiary/aromatic N) is 5. The molecule has 0 N–H and O–H groups in total. The lowest BCUT2D eigenvalue weighted by Gasteiger charge is -2.37. The number of fused-ring (bicyclic) bond motifs is 1. The summed E-state index contributed by atoms with van der Waals surface area (Å²) < 4.78 is 2.00. The van der Waals surface area contributed by atoms with Crippen molar-refractivity contribution in [1.82, 2.24) is 19.4 Å². The molecule has 2 aromatic rings. The highest BCUT2D eigenvalue weighted by Gasteiger charge is 2.28. The van der Waals surface area contributed by atoms with E-state index in [0.29, 0.717) is 18.0 Å². The molecule has 1 aromatic carbocycles. The summed E-state index contributed by atoms with van der Waals surface area (Å²) in [5.41, 5.74) is 1.61. The van der Waals surface area contributed by atoms with E-state index < -0.39 is 4.92 Å². The van der Waals surface area contributed by atoms with Crippen LogP contribution in [0.5, 0.6) is 0 Å². The van der Waals surface area contributed by atoms with E-state index >= 15 is 0 Å². The molecule has 8 heteroatoms. The van der Waals surface area contributed by atoms with Crippen LogP contribution in [0.25, 0.3) is 11.0 Å². The van der Waals surface area contributed by atoms with E-state index in [1.54, 1.807) is 6.07 Å². The molecule has 2 aliphatic rings. The van der Waals surface area contributed by atoms with E-state index in [-0.39, 0.29) is 11.6 Å². The number of imidazole rings is 1. The van der Waals surface area contributed by atoms with Gasteiger partial charge in [0.25, 0.3) is 5.69 Å². The third-order valence-electron chi connectivity index (χ3n) is 6.17. The predicted octanol–water partition coefficient (Wildman–Crippen LogP) is 2.71. The number of hydrogen-bond acceptors (Lipinski definition) is 5. The zero-order chi connectivity index (χ0) is 19.7. The number of amides is 1. The Morgan fingerprint density at radius 2 is 1.89 bits per heavy atom. The van der Waals surface area contributed by atoms with Gasteiger partial charge in [-0.1, -0.05) is 19.3 Å². The van der Waals surface area contributed by atoms with Crippen molar-refractivity contribution >= 4 is 22.6 Å². The number of carbonyl (C=O) groups excluding carboxylic acids is 1. The number of aryl methyl sites for hydroxylation is 1. The van der Waals surface area contributed by atoms with Crippen LogP contribution in [0.4, 0.5) is 5.69 Å². The normalized spacial score (nSPS) is 19.2.